The zero-order valence-corrected chi connectivity index (χ0v) is 26.7. The Morgan fingerprint density at radius 1 is 0.417 bits per heavy atom. The zero-order chi connectivity index (χ0) is 31.6. The maximum atomic E-state index is 6.67. The summed E-state index contributed by atoms with van der Waals surface area (Å²) in [5.41, 5.74) is 6.56. The van der Waals surface area contributed by atoms with E-state index in [0.717, 1.165) is 60.2 Å². The van der Waals surface area contributed by atoms with Gasteiger partial charge in [0.15, 0.2) is 0 Å². The van der Waals surface area contributed by atoms with Gasteiger partial charge < -0.3 is 4.74 Å². The monoisotopic (exact) mass is 629 g/mol. The smallest absolute Gasteiger partial charge is 0.149 e. The first-order valence-corrected chi connectivity index (χ1v) is 17.0. The van der Waals surface area contributed by atoms with Crippen molar-refractivity contribution in [3.8, 4) is 45.0 Å². The van der Waals surface area contributed by atoms with Crippen LogP contribution in [0.15, 0.2) is 174 Å². The van der Waals surface area contributed by atoms with Crippen LogP contribution in [-0.4, -0.2) is 4.98 Å². The van der Waals surface area contributed by atoms with Crippen LogP contribution in [0.5, 0.6) is 11.5 Å². The van der Waals surface area contributed by atoms with E-state index in [-0.39, 0.29) is 0 Å². The van der Waals surface area contributed by atoms with Crippen molar-refractivity contribution in [2.75, 3.05) is 0 Å². The van der Waals surface area contributed by atoms with Crippen molar-refractivity contribution < 1.29 is 4.74 Å². The summed E-state index contributed by atoms with van der Waals surface area (Å²) in [5, 5.41) is 9.91. The molecule has 0 radical (unpaired) electrons. The molecule has 1 aromatic heterocycles. The molecule has 0 bridgehead atoms. The quantitative estimate of drug-likeness (QED) is 0.182. The van der Waals surface area contributed by atoms with Gasteiger partial charge >= 0.3 is 0 Å². The summed E-state index contributed by atoms with van der Waals surface area (Å²) in [7, 11) is 0. The van der Waals surface area contributed by atoms with E-state index < -0.39 is 0 Å². The number of hydrogen-bond donors (Lipinski definition) is 0. The predicted molar refractivity (Wildman–Crippen MR) is 201 cm³/mol. The average molecular weight is 630 g/mol. The van der Waals surface area contributed by atoms with Gasteiger partial charge in [-0.25, -0.2) is 0 Å². The summed E-state index contributed by atoms with van der Waals surface area (Å²) in [6.07, 6.45) is 1.91. The minimum absolute atomic E-state index is 0.893. The van der Waals surface area contributed by atoms with Crippen LogP contribution in [0.25, 0.3) is 76.6 Å². The van der Waals surface area contributed by atoms with E-state index in [0.29, 0.717) is 0 Å². The number of pyridine rings is 1. The van der Waals surface area contributed by atoms with Gasteiger partial charge in [-0.3, -0.25) is 4.98 Å². The molecule has 48 heavy (non-hydrogen) atoms. The Balaban J connectivity index is 1.25. The third-order valence-corrected chi connectivity index (χ3v) is 10.7. The van der Waals surface area contributed by atoms with E-state index in [1.165, 1.54) is 37.7 Å². The molecule has 1 aliphatic heterocycles. The molecule has 9 aromatic rings. The molecule has 0 amide bonds. The molecule has 2 nitrogen and oxygen atoms in total. The van der Waals surface area contributed by atoms with Crippen molar-refractivity contribution in [2.24, 2.45) is 0 Å². The van der Waals surface area contributed by atoms with Crippen molar-refractivity contribution >= 4 is 54.9 Å². The highest BCUT2D eigenvalue weighted by atomic mass is 32.2. The average Bonchev–Trinajstić information content (AvgIpc) is 3.16. The lowest BCUT2D eigenvalue weighted by atomic mass is 9.88. The third-order valence-electron chi connectivity index (χ3n) is 9.57. The lowest BCUT2D eigenvalue weighted by Crippen LogP contribution is -1.98. The third kappa shape index (κ3) is 4.25. The maximum Gasteiger partial charge on any atom is 0.149 e. The summed E-state index contributed by atoms with van der Waals surface area (Å²) < 4.78 is 6.67. The fraction of sp³-hybridized carbons (Fsp3) is 0. The second-order valence-corrected chi connectivity index (χ2v) is 13.4. The van der Waals surface area contributed by atoms with Gasteiger partial charge in [0.2, 0.25) is 0 Å². The van der Waals surface area contributed by atoms with Crippen molar-refractivity contribution in [1.29, 1.82) is 0 Å². The van der Waals surface area contributed by atoms with Gasteiger partial charge in [-0.05, 0) is 90.8 Å². The molecule has 0 N–H and O–H groups in total. The predicted octanol–water partition coefficient (Wildman–Crippen LogP) is 13.0. The molecule has 224 valence electrons. The largest absolute Gasteiger partial charge is 0.454 e. The highest BCUT2D eigenvalue weighted by Gasteiger charge is 2.23. The summed E-state index contributed by atoms with van der Waals surface area (Å²) >= 11 is 1.76. The number of para-hydroxylation sites is 2. The van der Waals surface area contributed by atoms with Gasteiger partial charge in [-0.15, -0.1) is 0 Å². The van der Waals surface area contributed by atoms with Gasteiger partial charge in [0.05, 0.1) is 15.5 Å². The van der Waals surface area contributed by atoms with Crippen LogP contribution < -0.4 is 4.74 Å². The molecule has 8 aromatic carbocycles. The molecule has 1 aliphatic rings. The molecule has 0 saturated carbocycles. The van der Waals surface area contributed by atoms with Gasteiger partial charge in [-0.1, -0.05) is 133 Å². The zero-order valence-electron chi connectivity index (χ0n) is 25.9. The van der Waals surface area contributed by atoms with E-state index in [1.54, 1.807) is 11.8 Å². The van der Waals surface area contributed by atoms with Crippen LogP contribution in [0, 0.1) is 0 Å². The second kappa shape index (κ2) is 10.8. The first-order chi connectivity index (χ1) is 23.8. The Labute approximate surface area is 282 Å². The Morgan fingerprint density at radius 3 is 1.88 bits per heavy atom. The van der Waals surface area contributed by atoms with Gasteiger partial charge in [0.1, 0.15) is 11.5 Å². The molecule has 10 rings (SSSR count). The Morgan fingerprint density at radius 2 is 1.06 bits per heavy atom. The van der Waals surface area contributed by atoms with Crippen LogP contribution in [0.1, 0.15) is 0 Å². The topological polar surface area (TPSA) is 22.1 Å². The highest BCUT2D eigenvalue weighted by Crippen LogP contribution is 2.52. The number of fused-ring (bicyclic) bond motifs is 9. The van der Waals surface area contributed by atoms with E-state index in [1.807, 2.05) is 12.3 Å². The van der Waals surface area contributed by atoms with Crippen LogP contribution in [0.2, 0.25) is 0 Å². The van der Waals surface area contributed by atoms with Crippen molar-refractivity contribution in [2.45, 2.75) is 9.79 Å². The van der Waals surface area contributed by atoms with Crippen LogP contribution in [0.3, 0.4) is 0 Å². The molecule has 0 fully saturated rings. The van der Waals surface area contributed by atoms with Crippen LogP contribution in [0.4, 0.5) is 0 Å². The molecular formula is C45H27NOS. The second-order valence-electron chi connectivity index (χ2n) is 12.3. The number of benzene rings is 8. The summed E-state index contributed by atoms with van der Waals surface area (Å²) in [4.78, 5) is 7.16. The Bertz CT molecular complexity index is 2710. The molecule has 0 spiro atoms. The fourth-order valence-electron chi connectivity index (χ4n) is 7.35. The number of nitrogens with zero attached hydrogens (tertiary/aromatic N) is 1. The Kier molecular flexibility index (Phi) is 6.15. The van der Waals surface area contributed by atoms with Crippen molar-refractivity contribution in [3.63, 3.8) is 0 Å². The highest BCUT2D eigenvalue weighted by molar-refractivity contribution is 7.99. The number of ether oxygens (including phenoxy) is 1. The lowest BCUT2D eigenvalue weighted by Gasteiger charge is -2.23. The standard InChI is InChI=1S/C45H27NOS/c1-2-11-31-28(10-1)24-25-46-44(31)30-21-23-37(38-16-9-19-43-45(38)47-41-17-7-8-18-42(41)48-43)39(27-30)29-20-22-36-34-14-4-3-12-32(34)33-13-5-6-15-35(33)40(36)26-29/h1-27H. The van der Waals surface area contributed by atoms with E-state index in [9.17, 15) is 0 Å². The summed E-state index contributed by atoms with van der Waals surface area (Å²) in [6.45, 7) is 0. The van der Waals surface area contributed by atoms with Crippen molar-refractivity contribution in [3.05, 3.63) is 164 Å². The summed E-state index contributed by atoms with van der Waals surface area (Å²) in [6, 6.07) is 56.6. The normalized spacial score (nSPS) is 12.2. The first kappa shape index (κ1) is 27.2. The van der Waals surface area contributed by atoms with Gasteiger partial charge in [0, 0.05) is 22.7 Å². The minimum atomic E-state index is 0.893. The molecule has 2 heterocycles. The molecule has 0 atom stereocenters. The number of hydrogen-bond acceptors (Lipinski definition) is 3. The minimum Gasteiger partial charge on any atom is -0.454 e. The molecule has 3 heteroatoms. The van der Waals surface area contributed by atoms with Crippen LogP contribution >= 0.6 is 11.8 Å². The molecule has 0 saturated heterocycles. The molecular weight excluding hydrogens is 603 g/mol. The maximum absolute atomic E-state index is 6.67. The lowest BCUT2D eigenvalue weighted by molar-refractivity contribution is 0.456. The van der Waals surface area contributed by atoms with E-state index in [2.05, 4.69) is 152 Å². The van der Waals surface area contributed by atoms with Crippen molar-refractivity contribution in [1.82, 2.24) is 4.98 Å². The SMILES string of the molecule is c1ccc2c(c1)Oc1c(cccc1-c1ccc(-c3nccc4ccccc34)cc1-c1ccc3c4ccccc4c4ccccc4c3c1)S2. The fourth-order valence-corrected chi connectivity index (χ4v) is 8.34. The number of rotatable bonds is 3. The molecule has 0 unspecified atom stereocenters. The Hall–Kier alpha value is -5.90. The van der Waals surface area contributed by atoms with E-state index in [4.69, 9.17) is 9.72 Å². The number of aromatic nitrogens is 1. The van der Waals surface area contributed by atoms with Crippen LogP contribution in [-0.2, 0) is 0 Å². The summed E-state index contributed by atoms with van der Waals surface area (Å²) in [5.74, 6) is 1.79. The first-order valence-electron chi connectivity index (χ1n) is 16.2. The van der Waals surface area contributed by atoms with Gasteiger partial charge in [0.25, 0.3) is 0 Å². The van der Waals surface area contributed by atoms with E-state index >= 15 is 0 Å². The van der Waals surface area contributed by atoms with Gasteiger partial charge in [-0.2, -0.15) is 0 Å². The molecule has 0 aliphatic carbocycles.